The Labute approximate surface area is 215 Å². The lowest BCUT2D eigenvalue weighted by Crippen LogP contribution is -2.29. The largest absolute Gasteiger partial charge is 0.493 e. The predicted octanol–water partition coefficient (Wildman–Crippen LogP) is 5.95. The van der Waals surface area contributed by atoms with Gasteiger partial charge in [-0.15, -0.1) is 22.3 Å². The predicted molar refractivity (Wildman–Crippen MR) is 144 cm³/mol. The molecule has 0 N–H and O–H groups in total. The van der Waals surface area contributed by atoms with Crippen molar-refractivity contribution in [1.29, 1.82) is 0 Å². The Bertz CT molecular complexity index is 1190. The molecule has 1 amide bonds. The van der Waals surface area contributed by atoms with Crippen LogP contribution in [0.3, 0.4) is 0 Å². The third-order valence-electron chi connectivity index (χ3n) is 5.14. The van der Waals surface area contributed by atoms with Gasteiger partial charge < -0.3 is 9.47 Å². The number of carbonyl (C=O) groups is 1. The minimum atomic E-state index is -3.91. The molecule has 35 heavy (non-hydrogen) atoms. The van der Waals surface area contributed by atoms with E-state index in [1.165, 1.54) is 36.3 Å². The van der Waals surface area contributed by atoms with E-state index in [2.05, 4.69) is 17.9 Å². The van der Waals surface area contributed by atoms with E-state index in [0.717, 1.165) is 41.5 Å². The van der Waals surface area contributed by atoms with Crippen molar-refractivity contribution in [2.75, 3.05) is 20.3 Å². The first kappa shape index (κ1) is 27.0. The number of amidine groups is 1. The Kier molecular flexibility index (Phi) is 10.00. The zero-order valence-electron chi connectivity index (χ0n) is 19.9. The van der Waals surface area contributed by atoms with Crippen LogP contribution in [-0.2, 0) is 14.8 Å². The summed E-state index contributed by atoms with van der Waals surface area (Å²) in [6, 6.07) is 8.58. The van der Waals surface area contributed by atoms with Gasteiger partial charge in [-0.05, 0) is 53.4 Å². The molecule has 0 bridgehead atoms. The number of rotatable bonds is 13. The number of methoxy groups -OCH3 is 1. The molecule has 10 heteroatoms. The number of thioether (sulfide) groups is 1. The average Bonchev–Trinajstić information content (AvgIpc) is 3.48. The number of ether oxygens (including phenoxy) is 2. The third kappa shape index (κ3) is 7.22. The van der Waals surface area contributed by atoms with Crippen molar-refractivity contribution in [2.45, 2.75) is 43.2 Å². The minimum absolute atomic E-state index is 0.101. The Balaban J connectivity index is 1.78. The van der Waals surface area contributed by atoms with Crippen molar-refractivity contribution < 1.29 is 22.7 Å². The van der Waals surface area contributed by atoms with Crippen LogP contribution in [0.2, 0.25) is 0 Å². The molecule has 0 radical (unpaired) electrons. The molecule has 1 aliphatic heterocycles. The van der Waals surface area contributed by atoms with E-state index in [1.807, 2.05) is 12.1 Å². The fourth-order valence-corrected chi connectivity index (χ4v) is 6.51. The molecular formula is C25H30N2O5S3. The second kappa shape index (κ2) is 12.9. The van der Waals surface area contributed by atoms with E-state index < -0.39 is 10.0 Å². The van der Waals surface area contributed by atoms with Gasteiger partial charge in [0.2, 0.25) is 0 Å². The lowest BCUT2D eigenvalue weighted by molar-refractivity contribution is -0.121. The number of hydrogen-bond acceptors (Lipinski definition) is 7. The van der Waals surface area contributed by atoms with Crippen LogP contribution in [0.4, 0.5) is 0 Å². The first-order valence-corrected chi connectivity index (χ1v) is 14.5. The van der Waals surface area contributed by atoms with Gasteiger partial charge in [0, 0.05) is 6.54 Å². The van der Waals surface area contributed by atoms with E-state index in [-0.39, 0.29) is 21.8 Å². The van der Waals surface area contributed by atoms with E-state index in [9.17, 15) is 13.2 Å². The van der Waals surface area contributed by atoms with Crippen LogP contribution in [0.15, 0.2) is 61.9 Å². The Morgan fingerprint density at radius 1 is 1.14 bits per heavy atom. The average molecular weight is 535 g/mol. The maximum absolute atomic E-state index is 13.0. The quantitative estimate of drug-likeness (QED) is 0.179. The molecule has 2 heterocycles. The fourth-order valence-electron chi connectivity index (χ4n) is 3.36. The molecule has 0 unspecified atom stereocenters. The van der Waals surface area contributed by atoms with E-state index in [0.29, 0.717) is 23.0 Å². The summed E-state index contributed by atoms with van der Waals surface area (Å²) in [5, 5.41) is 1.77. The molecule has 3 rings (SSSR count). The van der Waals surface area contributed by atoms with E-state index in [4.69, 9.17) is 9.47 Å². The molecule has 1 aromatic carbocycles. The van der Waals surface area contributed by atoms with E-state index in [1.54, 1.807) is 30.7 Å². The molecule has 0 spiro atoms. The number of amides is 1. The summed E-state index contributed by atoms with van der Waals surface area (Å²) in [6.07, 6.45) is 8.99. The van der Waals surface area contributed by atoms with Crippen molar-refractivity contribution in [3.05, 3.63) is 58.8 Å². The maximum atomic E-state index is 13.0. The normalized spacial score (nSPS) is 16.3. The van der Waals surface area contributed by atoms with Gasteiger partial charge in [0.05, 0.1) is 18.6 Å². The number of nitrogens with zero attached hydrogens (tertiary/aromatic N) is 2. The van der Waals surface area contributed by atoms with Crippen LogP contribution in [0.5, 0.6) is 11.5 Å². The molecular weight excluding hydrogens is 504 g/mol. The zero-order chi connectivity index (χ0) is 25.3. The zero-order valence-corrected chi connectivity index (χ0v) is 22.4. The van der Waals surface area contributed by atoms with Crippen LogP contribution in [-0.4, -0.2) is 44.7 Å². The summed E-state index contributed by atoms with van der Waals surface area (Å²) in [5.41, 5.74) is 0.730. The first-order chi connectivity index (χ1) is 16.9. The van der Waals surface area contributed by atoms with Crippen molar-refractivity contribution in [2.24, 2.45) is 4.40 Å². The number of carbonyl (C=O) groups excluding carboxylic acids is 1. The van der Waals surface area contributed by atoms with Crippen molar-refractivity contribution >= 4 is 50.3 Å². The van der Waals surface area contributed by atoms with Crippen LogP contribution in [0, 0.1) is 0 Å². The second-order valence-electron chi connectivity index (χ2n) is 7.77. The molecule has 1 aliphatic rings. The Hall–Kier alpha value is -2.56. The topological polar surface area (TPSA) is 85.3 Å². The summed E-state index contributed by atoms with van der Waals surface area (Å²) < 4.78 is 40.7. The van der Waals surface area contributed by atoms with Crippen molar-refractivity contribution in [1.82, 2.24) is 4.90 Å². The Morgan fingerprint density at radius 3 is 2.63 bits per heavy atom. The van der Waals surface area contributed by atoms with Gasteiger partial charge in [-0.2, -0.15) is 8.42 Å². The van der Waals surface area contributed by atoms with Gasteiger partial charge in [0.25, 0.3) is 15.9 Å². The molecule has 1 fully saturated rings. The standard InChI is InChI=1S/C25H30N2O5S3/c1-4-6-7-8-9-15-32-20-13-12-19(17-21(20)31-3)18-22-24(28)27(14-5-2)25(34-22)26-35(29,30)23-11-10-16-33-23/h5,10-13,16-18H,2,4,6-9,14-15H2,1,3H3. The highest BCUT2D eigenvalue weighted by Gasteiger charge is 2.34. The van der Waals surface area contributed by atoms with Gasteiger partial charge in [-0.1, -0.05) is 50.8 Å². The van der Waals surface area contributed by atoms with Gasteiger partial charge in [0.1, 0.15) is 4.21 Å². The van der Waals surface area contributed by atoms with Crippen molar-refractivity contribution in [3.63, 3.8) is 0 Å². The first-order valence-electron chi connectivity index (χ1n) is 11.4. The summed E-state index contributed by atoms with van der Waals surface area (Å²) >= 11 is 2.10. The SMILES string of the molecule is C=CCN1C(=O)C(=Cc2ccc(OCCCCCCC)c(OC)c2)SC1=NS(=O)(=O)c1cccs1. The molecule has 2 aromatic rings. The summed E-state index contributed by atoms with van der Waals surface area (Å²) in [5.74, 6) is 0.884. The van der Waals surface area contributed by atoms with Crippen LogP contribution in [0.1, 0.15) is 44.6 Å². The van der Waals surface area contributed by atoms with Crippen LogP contribution < -0.4 is 9.47 Å². The molecule has 188 valence electrons. The number of benzene rings is 1. The summed E-state index contributed by atoms with van der Waals surface area (Å²) in [6.45, 7) is 6.62. The maximum Gasteiger partial charge on any atom is 0.294 e. The van der Waals surface area contributed by atoms with Crippen LogP contribution in [0.25, 0.3) is 6.08 Å². The third-order valence-corrected chi connectivity index (χ3v) is 8.90. The number of hydrogen-bond donors (Lipinski definition) is 0. The number of thiophene rings is 1. The molecule has 1 aromatic heterocycles. The molecule has 0 aliphatic carbocycles. The molecule has 0 saturated carbocycles. The molecule has 1 saturated heterocycles. The minimum Gasteiger partial charge on any atom is -0.493 e. The smallest absolute Gasteiger partial charge is 0.294 e. The van der Waals surface area contributed by atoms with Gasteiger partial charge >= 0.3 is 0 Å². The summed E-state index contributed by atoms with van der Waals surface area (Å²) in [7, 11) is -2.34. The highest BCUT2D eigenvalue weighted by atomic mass is 32.2. The highest BCUT2D eigenvalue weighted by Crippen LogP contribution is 2.36. The number of sulfonamides is 1. The lowest BCUT2D eigenvalue weighted by atomic mass is 10.1. The van der Waals surface area contributed by atoms with Gasteiger partial charge in [-0.3, -0.25) is 9.69 Å². The molecule has 0 atom stereocenters. The lowest BCUT2D eigenvalue weighted by Gasteiger charge is -2.12. The summed E-state index contributed by atoms with van der Waals surface area (Å²) in [4.78, 5) is 14.7. The molecule has 7 nitrogen and oxygen atoms in total. The monoisotopic (exact) mass is 534 g/mol. The number of unbranched alkanes of at least 4 members (excludes halogenated alkanes) is 4. The van der Waals surface area contributed by atoms with Crippen LogP contribution >= 0.6 is 23.1 Å². The van der Waals surface area contributed by atoms with Gasteiger partial charge in [-0.25, -0.2) is 0 Å². The fraction of sp³-hybridized carbons (Fsp3) is 0.360. The van der Waals surface area contributed by atoms with Gasteiger partial charge in [0.15, 0.2) is 16.7 Å². The highest BCUT2D eigenvalue weighted by molar-refractivity contribution is 8.19. The second-order valence-corrected chi connectivity index (χ2v) is 11.6. The van der Waals surface area contributed by atoms with Crippen molar-refractivity contribution in [3.8, 4) is 11.5 Å². The van der Waals surface area contributed by atoms with E-state index >= 15 is 0 Å². The Morgan fingerprint density at radius 2 is 1.94 bits per heavy atom.